The summed E-state index contributed by atoms with van der Waals surface area (Å²) in [5.41, 5.74) is 1.79. The number of halogens is 1. The van der Waals surface area contributed by atoms with Gasteiger partial charge in [-0.3, -0.25) is 5.10 Å². The van der Waals surface area contributed by atoms with E-state index in [0.29, 0.717) is 22.3 Å². The molecule has 0 aliphatic carbocycles. The minimum atomic E-state index is -0.396. The van der Waals surface area contributed by atoms with Gasteiger partial charge >= 0.3 is 0 Å². The molecule has 0 saturated heterocycles. The number of H-pyrrole nitrogens is 2. The van der Waals surface area contributed by atoms with E-state index in [1.165, 1.54) is 12.3 Å². The maximum atomic E-state index is 14.0. The van der Waals surface area contributed by atoms with Crippen LogP contribution in [-0.2, 0) is 0 Å². The number of aromatic nitrogens is 6. The first-order chi connectivity index (χ1) is 10.2. The summed E-state index contributed by atoms with van der Waals surface area (Å²) in [5, 5.41) is 32.1. The van der Waals surface area contributed by atoms with Gasteiger partial charge < -0.3 is 5.32 Å². The summed E-state index contributed by atoms with van der Waals surface area (Å²) in [7, 11) is 0. The molecule has 0 unspecified atom stereocenters. The molecule has 2 aromatic heterocycles. The lowest BCUT2D eigenvalue weighted by Crippen LogP contribution is -1.94. The molecule has 0 atom stereocenters. The molecular weight excluding hydrogens is 275 g/mol. The van der Waals surface area contributed by atoms with Gasteiger partial charge in [-0.1, -0.05) is 0 Å². The molecule has 104 valence electrons. The van der Waals surface area contributed by atoms with Crippen LogP contribution in [-0.4, -0.2) is 30.8 Å². The molecule has 0 fully saturated rings. The Morgan fingerprint density at radius 2 is 2.29 bits per heavy atom. The van der Waals surface area contributed by atoms with Crippen molar-refractivity contribution in [3.63, 3.8) is 0 Å². The quantitative estimate of drug-likeness (QED) is 0.627. The summed E-state index contributed by atoms with van der Waals surface area (Å²) in [6.45, 7) is 1.75. The first kappa shape index (κ1) is 12.7. The highest BCUT2D eigenvalue weighted by molar-refractivity contribution is 5.85. The number of tetrazole rings is 1. The first-order valence-corrected chi connectivity index (χ1v) is 5.94. The van der Waals surface area contributed by atoms with Gasteiger partial charge in [0.1, 0.15) is 17.5 Å². The molecule has 1 aromatic carbocycles. The van der Waals surface area contributed by atoms with Crippen molar-refractivity contribution in [1.82, 2.24) is 30.8 Å². The molecule has 0 saturated carbocycles. The Bertz CT molecular complexity index is 855. The van der Waals surface area contributed by atoms with Crippen LogP contribution in [0.4, 0.5) is 10.1 Å². The van der Waals surface area contributed by atoms with Gasteiger partial charge in [0.05, 0.1) is 10.9 Å². The predicted octanol–water partition coefficient (Wildman–Crippen LogP) is 1.50. The van der Waals surface area contributed by atoms with Crippen molar-refractivity contribution in [3.05, 3.63) is 35.7 Å². The minimum Gasteiger partial charge on any atom is -0.360 e. The second-order valence-corrected chi connectivity index (χ2v) is 4.25. The number of nitrogens with zero attached hydrogens (tertiary/aromatic N) is 5. The van der Waals surface area contributed by atoms with Crippen molar-refractivity contribution in [2.24, 2.45) is 0 Å². The molecular formula is C12H9FN8. The number of anilines is 1. The van der Waals surface area contributed by atoms with E-state index in [0.717, 1.165) is 0 Å². The van der Waals surface area contributed by atoms with Crippen LogP contribution in [0.15, 0.2) is 18.3 Å². The molecule has 3 aromatic rings. The van der Waals surface area contributed by atoms with Gasteiger partial charge in [0, 0.05) is 17.6 Å². The third-order valence-corrected chi connectivity index (χ3v) is 2.88. The minimum absolute atomic E-state index is 0.155. The highest BCUT2D eigenvalue weighted by Crippen LogP contribution is 2.24. The van der Waals surface area contributed by atoms with Crippen LogP contribution >= 0.6 is 0 Å². The lowest BCUT2D eigenvalue weighted by molar-refractivity contribution is 0.640. The van der Waals surface area contributed by atoms with E-state index in [1.54, 1.807) is 13.0 Å². The fraction of sp³-hybridized carbons (Fsp3) is 0.0833. The number of allylic oxidation sites excluding steroid dienone is 1. The maximum absolute atomic E-state index is 14.0. The Morgan fingerprint density at radius 3 is 3.00 bits per heavy atom. The first-order valence-electron chi connectivity index (χ1n) is 5.94. The van der Waals surface area contributed by atoms with E-state index < -0.39 is 5.82 Å². The summed E-state index contributed by atoms with van der Waals surface area (Å²) < 4.78 is 14.0. The zero-order valence-electron chi connectivity index (χ0n) is 10.8. The largest absolute Gasteiger partial charge is 0.360 e. The van der Waals surface area contributed by atoms with E-state index in [9.17, 15) is 4.39 Å². The zero-order valence-corrected chi connectivity index (χ0v) is 10.8. The molecule has 21 heavy (non-hydrogen) atoms. The van der Waals surface area contributed by atoms with Gasteiger partial charge in [0.2, 0.25) is 5.82 Å². The highest BCUT2D eigenvalue weighted by Gasteiger charge is 2.10. The molecule has 9 heteroatoms. The van der Waals surface area contributed by atoms with Crippen molar-refractivity contribution in [2.45, 2.75) is 6.92 Å². The van der Waals surface area contributed by atoms with Gasteiger partial charge in [0.15, 0.2) is 0 Å². The molecule has 2 heterocycles. The highest BCUT2D eigenvalue weighted by atomic mass is 19.1. The van der Waals surface area contributed by atoms with Crippen LogP contribution < -0.4 is 5.32 Å². The number of hydrogen-bond donors (Lipinski definition) is 3. The molecule has 0 aliphatic heterocycles. The smallest absolute Gasteiger partial charge is 0.216 e. The number of nitrogens with one attached hydrogen (secondary N) is 3. The zero-order chi connectivity index (χ0) is 14.8. The Labute approximate surface area is 117 Å². The average Bonchev–Trinajstić information content (AvgIpc) is 3.10. The van der Waals surface area contributed by atoms with Crippen LogP contribution in [0.25, 0.3) is 16.5 Å². The Hall–Kier alpha value is -3.28. The second kappa shape index (κ2) is 5.01. The van der Waals surface area contributed by atoms with Gasteiger partial charge in [-0.2, -0.15) is 15.6 Å². The number of hydrogen-bond acceptors (Lipinski definition) is 6. The molecule has 3 rings (SSSR count). The van der Waals surface area contributed by atoms with E-state index in [4.69, 9.17) is 5.26 Å². The molecule has 3 N–H and O–H groups in total. The van der Waals surface area contributed by atoms with Crippen molar-refractivity contribution in [2.75, 3.05) is 5.32 Å². The molecule has 0 spiro atoms. The van der Waals surface area contributed by atoms with Crippen LogP contribution in [0, 0.1) is 24.1 Å². The van der Waals surface area contributed by atoms with E-state index in [1.807, 2.05) is 6.07 Å². The Kier molecular flexibility index (Phi) is 3.04. The lowest BCUT2D eigenvalue weighted by atomic mass is 10.2. The summed E-state index contributed by atoms with van der Waals surface area (Å²) >= 11 is 0. The van der Waals surface area contributed by atoms with Crippen molar-refractivity contribution in [1.29, 1.82) is 5.26 Å². The number of nitriles is 1. The normalized spacial score (nSPS) is 11.6. The lowest BCUT2D eigenvalue weighted by Gasteiger charge is -2.02. The number of aromatic amines is 2. The SMILES string of the molecule is Cc1[nH]nc2cc(NC=C(C#N)c3nn[nH]n3)cc(F)c12. The number of fused-ring (bicyclic) bond motifs is 1. The summed E-state index contributed by atoms with van der Waals surface area (Å²) in [6, 6.07) is 4.92. The van der Waals surface area contributed by atoms with Gasteiger partial charge in [-0.25, -0.2) is 4.39 Å². The van der Waals surface area contributed by atoms with Crippen LogP contribution in [0.1, 0.15) is 11.5 Å². The summed E-state index contributed by atoms with van der Waals surface area (Å²) in [4.78, 5) is 0. The second-order valence-electron chi connectivity index (χ2n) is 4.25. The van der Waals surface area contributed by atoms with Crippen molar-refractivity contribution in [3.8, 4) is 6.07 Å². The number of rotatable bonds is 3. The standard InChI is InChI=1S/C12H9FN8/c1-6-11-9(13)2-8(3-10(11)17-16-6)15-5-7(4-14)12-18-20-21-19-12/h2-3,5,15H,1H3,(H,16,17)(H,18,19,20,21). The van der Waals surface area contributed by atoms with Gasteiger partial charge in [0.25, 0.3) is 0 Å². The maximum Gasteiger partial charge on any atom is 0.216 e. The summed E-state index contributed by atoms with van der Waals surface area (Å²) in [6.07, 6.45) is 1.38. The van der Waals surface area contributed by atoms with E-state index in [-0.39, 0.29) is 11.4 Å². The Balaban J connectivity index is 1.93. The van der Waals surface area contributed by atoms with Crippen molar-refractivity contribution < 1.29 is 4.39 Å². The van der Waals surface area contributed by atoms with Gasteiger partial charge in [-0.05, 0) is 24.3 Å². The van der Waals surface area contributed by atoms with Gasteiger partial charge in [-0.15, -0.1) is 10.2 Å². The fourth-order valence-electron chi connectivity index (χ4n) is 1.91. The fourth-order valence-corrected chi connectivity index (χ4v) is 1.91. The van der Waals surface area contributed by atoms with Crippen LogP contribution in [0.5, 0.6) is 0 Å². The Morgan fingerprint density at radius 1 is 1.43 bits per heavy atom. The third-order valence-electron chi connectivity index (χ3n) is 2.88. The molecule has 0 bridgehead atoms. The van der Waals surface area contributed by atoms with Crippen LogP contribution in [0.3, 0.4) is 0 Å². The molecule has 0 radical (unpaired) electrons. The molecule has 8 nitrogen and oxygen atoms in total. The molecule has 0 amide bonds. The predicted molar refractivity (Wildman–Crippen MR) is 72.2 cm³/mol. The summed E-state index contributed by atoms with van der Waals surface area (Å²) in [5.74, 6) is -0.241. The van der Waals surface area contributed by atoms with Crippen LogP contribution in [0.2, 0.25) is 0 Å². The topological polar surface area (TPSA) is 119 Å². The molecule has 0 aliphatic rings. The van der Waals surface area contributed by atoms with E-state index >= 15 is 0 Å². The average molecular weight is 284 g/mol. The number of aryl methyl sites for hydroxylation is 1. The van der Waals surface area contributed by atoms with Crippen molar-refractivity contribution >= 4 is 22.2 Å². The third kappa shape index (κ3) is 2.30. The monoisotopic (exact) mass is 284 g/mol. The number of benzene rings is 1. The van der Waals surface area contributed by atoms with E-state index in [2.05, 4.69) is 36.1 Å².